The molecule has 3 aliphatic rings. The average Bonchev–Trinajstić information content (AvgIpc) is 3.61. The number of hydrogen-bond donors (Lipinski definition) is 2. The molecule has 0 aromatic heterocycles. The van der Waals surface area contributed by atoms with Crippen LogP contribution >= 0.6 is 0 Å². The molecule has 1 saturated carbocycles. The molecule has 2 saturated heterocycles. The molecule has 34 heavy (non-hydrogen) atoms. The maximum absolute atomic E-state index is 12.0. The predicted octanol–water partition coefficient (Wildman–Crippen LogP) is 3.65. The highest BCUT2D eigenvalue weighted by atomic mass is 16.6. The molecule has 2 heterocycles. The lowest BCUT2D eigenvalue weighted by Gasteiger charge is -2.26. The van der Waals surface area contributed by atoms with Crippen LogP contribution in [0.15, 0.2) is 0 Å². The van der Waals surface area contributed by atoms with Gasteiger partial charge in [-0.1, -0.05) is 47.5 Å². The molecular formula is C26H46O8. The Morgan fingerprint density at radius 2 is 1.56 bits per heavy atom. The zero-order valence-electron chi connectivity index (χ0n) is 21.9. The third-order valence-corrected chi connectivity index (χ3v) is 6.78. The topological polar surface area (TPSA) is 123 Å². The number of cyclic esters (lactones) is 2. The summed E-state index contributed by atoms with van der Waals surface area (Å²) in [6.07, 6.45) is 6.78. The lowest BCUT2D eigenvalue weighted by Crippen LogP contribution is -2.30. The maximum Gasteiger partial charge on any atom is 0.317 e. The van der Waals surface area contributed by atoms with E-state index in [-0.39, 0.29) is 59.9 Å². The summed E-state index contributed by atoms with van der Waals surface area (Å²) in [5, 5.41) is 16.9. The summed E-state index contributed by atoms with van der Waals surface area (Å²) in [5.41, 5.74) is -0.626. The van der Waals surface area contributed by atoms with Crippen molar-refractivity contribution in [2.75, 3.05) is 26.4 Å². The summed E-state index contributed by atoms with van der Waals surface area (Å²) in [5.74, 6) is -0.219. The number of fused-ring (bicyclic) bond motifs is 1. The van der Waals surface area contributed by atoms with Crippen molar-refractivity contribution in [3.8, 4) is 0 Å². The van der Waals surface area contributed by atoms with E-state index in [4.69, 9.17) is 19.7 Å². The molecule has 8 nitrogen and oxygen atoms in total. The normalized spacial score (nSPS) is 25.1. The van der Waals surface area contributed by atoms with Crippen molar-refractivity contribution in [3.63, 3.8) is 0 Å². The van der Waals surface area contributed by atoms with Gasteiger partial charge >= 0.3 is 17.9 Å². The van der Waals surface area contributed by atoms with Gasteiger partial charge in [-0.3, -0.25) is 14.4 Å². The summed E-state index contributed by atoms with van der Waals surface area (Å²) in [4.78, 5) is 33.9. The van der Waals surface area contributed by atoms with Crippen molar-refractivity contribution < 1.29 is 38.8 Å². The van der Waals surface area contributed by atoms with E-state index in [1.54, 1.807) is 13.8 Å². The molecule has 2 aliphatic heterocycles. The SMILES string of the molecule is CC(C)(CO)CO.CCC(C)(CCC(C)C)C(=O)OCC1CO1.O=C1OC(=O)C2CCCCC12. The van der Waals surface area contributed by atoms with Crippen LogP contribution in [-0.2, 0) is 28.6 Å². The van der Waals surface area contributed by atoms with Crippen LogP contribution in [0, 0.1) is 28.6 Å². The fraction of sp³-hybridized carbons (Fsp3) is 0.885. The summed E-state index contributed by atoms with van der Waals surface area (Å²) in [6, 6.07) is 0. The van der Waals surface area contributed by atoms with Gasteiger partial charge in [0.1, 0.15) is 12.7 Å². The molecule has 0 aromatic carbocycles. The minimum atomic E-state index is -0.320. The van der Waals surface area contributed by atoms with Crippen LogP contribution in [0.2, 0.25) is 0 Å². The smallest absolute Gasteiger partial charge is 0.317 e. The Labute approximate surface area is 204 Å². The first kappa shape index (κ1) is 30.5. The lowest BCUT2D eigenvalue weighted by atomic mass is 9.81. The number of aliphatic hydroxyl groups is 2. The average molecular weight is 487 g/mol. The minimum Gasteiger partial charge on any atom is -0.462 e. The van der Waals surface area contributed by atoms with Crippen LogP contribution in [0.25, 0.3) is 0 Å². The molecular weight excluding hydrogens is 440 g/mol. The second kappa shape index (κ2) is 14.1. The molecule has 198 valence electrons. The minimum absolute atomic E-state index is 0.0451. The summed E-state index contributed by atoms with van der Waals surface area (Å²) >= 11 is 0. The third kappa shape index (κ3) is 10.4. The first-order chi connectivity index (χ1) is 15.9. The van der Waals surface area contributed by atoms with Gasteiger partial charge in [0.2, 0.25) is 0 Å². The Balaban J connectivity index is 0.000000278. The molecule has 0 radical (unpaired) electrons. The van der Waals surface area contributed by atoms with Crippen LogP contribution in [0.1, 0.15) is 86.5 Å². The van der Waals surface area contributed by atoms with Crippen molar-refractivity contribution >= 4 is 17.9 Å². The molecule has 4 unspecified atom stereocenters. The Bertz CT molecular complexity index is 627. The zero-order chi connectivity index (χ0) is 25.9. The van der Waals surface area contributed by atoms with Gasteiger partial charge in [-0.05, 0) is 44.9 Å². The van der Waals surface area contributed by atoms with E-state index in [0.29, 0.717) is 12.5 Å². The number of epoxide rings is 1. The third-order valence-electron chi connectivity index (χ3n) is 6.78. The monoisotopic (exact) mass is 486 g/mol. The summed E-state index contributed by atoms with van der Waals surface area (Å²) in [6.45, 7) is 13.3. The molecule has 0 aromatic rings. The number of carbonyl (C=O) groups is 3. The molecule has 0 spiro atoms. The number of aliphatic hydroxyl groups excluding tert-OH is 2. The first-order valence-electron chi connectivity index (χ1n) is 12.6. The zero-order valence-corrected chi connectivity index (χ0v) is 21.9. The van der Waals surface area contributed by atoms with E-state index in [2.05, 4.69) is 25.5 Å². The summed E-state index contributed by atoms with van der Waals surface area (Å²) < 4.78 is 14.8. The van der Waals surface area contributed by atoms with Gasteiger partial charge in [-0.15, -0.1) is 0 Å². The maximum atomic E-state index is 12.0. The van der Waals surface area contributed by atoms with Gasteiger partial charge in [-0.2, -0.15) is 0 Å². The number of carbonyl (C=O) groups excluding carboxylic acids is 3. The largest absolute Gasteiger partial charge is 0.462 e. The molecule has 1 aliphatic carbocycles. The highest BCUT2D eigenvalue weighted by molar-refractivity contribution is 5.96. The van der Waals surface area contributed by atoms with Crippen molar-refractivity contribution in [1.29, 1.82) is 0 Å². The van der Waals surface area contributed by atoms with Crippen LogP contribution in [0.3, 0.4) is 0 Å². The van der Waals surface area contributed by atoms with Crippen LogP contribution in [-0.4, -0.2) is 60.7 Å². The van der Waals surface area contributed by atoms with E-state index in [9.17, 15) is 14.4 Å². The molecule has 4 atom stereocenters. The highest BCUT2D eigenvalue weighted by Crippen LogP contribution is 2.36. The Kier molecular flexibility index (Phi) is 12.7. The molecule has 8 heteroatoms. The van der Waals surface area contributed by atoms with Crippen LogP contribution in [0.5, 0.6) is 0 Å². The first-order valence-corrected chi connectivity index (χ1v) is 12.6. The second-order valence-corrected chi connectivity index (χ2v) is 11.1. The molecule has 0 amide bonds. The van der Waals surface area contributed by atoms with Crippen molar-refractivity contribution in [1.82, 2.24) is 0 Å². The van der Waals surface area contributed by atoms with Gasteiger partial charge in [0.15, 0.2) is 0 Å². The van der Waals surface area contributed by atoms with Crippen molar-refractivity contribution in [2.45, 2.75) is 92.6 Å². The Hall–Kier alpha value is -1.51. The quantitative estimate of drug-likeness (QED) is 0.288. The van der Waals surface area contributed by atoms with Crippen LogP contribution < -0.4 is 0 Å². The number of ether oxygens (including phenoxy) is 3. The van der Waals surface area contributed by atoms with Crippen molar-refractivity contribution in [2.24, 2.45) is 28.6 Å². The molecule has 0 bridgehead atoms. The van der Waals surface area contributed by atoms with Gasteiger partial charge in [0, 0.05) is 5.41 Å². The lowest BCUT2D eigenvalue weighted by molar-refractivity contribution is -0.156. The van der Waals surface area contributed by atoms with E-state index in [0.717, 1.165) is 51.6 Å². The van der Waals surface area contributed by atoms with E-state index in [1.807, 2.05) is 6.92 Å². The second-order valence-electron chi connectivity index (χ2n) is 11.1. The number of rotatable bonds is 9. The van der Waals surface area contributed by atoms with E-state index < -0.39 is 0 Å². The van der Waals surface area contributed by atoms with E-state index in [1.165, 1.54) is 0 Å². The van der Waals surface area contributed by atoms with Crippen LogP contribution in [0.4, 0.5) is 0 Å². The van der Waals surface area contributed by atoms with Gasteiger partial charge in [0.05, 0.1) is 37.1 Å². The van der Waals surface area contributed by atoms with Crippen molar-refractivity contribution in [3.05, 3.63) is 0 Å². The standard InChI is InChI=1S/C13H24O3.C8H10O3.C5H12O2/c1-5-13(4,7-6-10(2)3)12(14)16-9-11-8-15-11;9-7-5-3-1-2-4-6(5)8(10)11-7;1-5(2,3-6)4-7/h10-11H,5-9H2,1-4H3;5-6H,1-4H2;6-7H,3-4H2,1-2H3. The Morgan fingerprint density at radius 1 is 1.06 bits per heavy atom. The number of esters is 3. The summed E-state index contributed by atoms with van der Waals surface area (Å²) in [7, 11) is 0. The fourth-order valence-corrected chi connectivity index (χ4v) is 3.53. The van der Waals surface area contributed by atoms with Gasteiger partial charge in [-0.25, -0.2) is 0 Å². The van der Waals surface area contributed by atoms with Gasteiger partial charge < -0.3 is 24.4 Å². The number of hydrogen-bond acceptors (Lipinski definition) is 8. The van der Waals surface area contributed by atoms with Gasteiger partial charge in [0.25, 0.3) is 0 Å². The molecule has 3 rings (SSSR count). The fourth-order valence-electron chi connectivity index (χ4n) is 3.53. The molecule has 3 fully saturated rings. The highest BCUT2D eigenvalue weighted by Gasteiger charge is 2.45. The Morgan fingerprint density at radius 3 is 1.91 bits per heavy atom. The predicted molar refractivity (Wildman–Crippen MR) is 128 cm³/mol. The molecule has 2 N–H and O–H groups in total. The van der Waals surface area contributed by atoms with E-state index >= 15 is 0 Å².